The molecule has 0 N–H and O–H groups in total. The van der Waals surface area contributed by atoms with Crippen LogP contribution in [0.4, 0.5) is 16.0 Å². The highest BCUT2D eigenvalue weighted by molar-refractivity contribution is 7.88. The maximum Gasteiger partial charge on any atom is 0.211 e. The Morgan fingerprint density at radius 3 is 2.54 bits per heavy atom. The SMILES string of the molecule is CS(=O)(=O)N1CCN(c2cccc(-c3cnc4ccc(N5CCC[C@@H]5c5cccc(F)c5)nn34)n2)CC1. The Balaban J connectivity index is 1.29. The van der Waals surface area contributed by atoms with Crippen molar-refractivity contribution >= 4 is 27.3 Å². The number of piperazine rings is 1. The fourth-order valence-corrected chi connectivity index (χ4v) is 6.11. The van der Waals surface area contributed by atoms with E-state index in [1.165, 1.54) is 16.6 Å². The van der Waals surface area contributed by atoms with Crippen LogP contribution in [0.3, 0.4) is 0 Å². The Bertz CT molecular complexity index is 1550. The minimum absolute atomic E-state index is 0.0691. The number of fused-ring (bicyclic) bond motifs is 1. The van der Waals surface area contributed by atoms with Gasteiger partial charge in [-0.1, -0.05) is 18.2 Å². The second kappa shape index (κ2) is 9.38. The highest BCUT2D eigenvalue weighted by Gasteiger charge is 2.28. The first kappa shape index (κ1) is 23.8. The van der Waals surface area contributed by atoms with Crippen molar-refractivity contribution in [1.29, 1.82) is 0 Å². The number of nitrogens with zero attached hydrogens (tertiary/aromatic N) is 7. The lowest BCUT2D eigenvalue weighted by atomic mass is 10.0. The molecule has 0 bridgehead atoms. The molecule has 0 amide bonds. The number of sulfonamides is 1. The van der Waals surface area contributed by atoms with E-state index < -0.39 is 10.0 Å². The molecule has 1 atom stereocenters. The Hall–Kier alpha value is -3.57. The fourth-order valence-electron chi connectivity index (χ4n) is 5.28. The van der Waals surface area contributed by atoms with Gasteiger partial charge in [0.2, 0.25) is 10.0 Å². The maximum absolute atomic E-state index is 13.9. The lowest BCUT2D eigenvalue weighted by molar-refractivity contribution is 0.387. The van der Waals surface area contributed by atoms with Crippen molar-refractivity contribution in [3.05, 3.63) is 72.2 Å². The topological polar surface area (TPSA) is 86.9 Å². The van der Waals surface area contributed by atoms with Crippen molar-refractivity contribution in [2.24, 2.45) is 0 Å². The average Bonchev–Trinajstić information content (AvgIpc) is 3.56. The predicted octanol–water partition coefficient (Wildman–Crippen LogP) is 3.35. The third-order valence-corrected chi connectivity index (χ3v) is 8.46. The Kier molecular flexibility index (Phi) is 6.04. The van der Waals surface area contributed by atoms with Crippen LogP contribution >= 0.6 is 0 Å². The molecular formula is C26H28FN7O2S. The van der Waals surface area contributed by atoms with Crippen LogP contribution in [-0.2, 0) is 10.0 Å². The molecular weight excluding hydrogens is 493 g/mol. The lowest BCUT2D eigenvalue weighted by Gasteiger charge is -2.34. The van der Waals surface area contributed by atoms with Crippen molar-refractivity contribution < 1.29 is 12.8 Å². The fraction of sp³-hybridized carbons (Fsp3) is 0.346. The third-order valence-electron chi connectivity index (χ3n) is 7.16. The van der Waals surface area contributed by atoms with Crippen molar-refractivity contribution in [3.8, 4) is 11.4 Å². The number of halogens is 1. The maximum atomic E-state index is 13.9. The molecule has 9 nitrogen and oxygen atoms in total. The number of hydrogen-bond donors (Lipinski definition) is 0. The normalized spacial score (nSPS) is 19.1. The summed E-state index contributed by atoms with van der Waals surface area (Å²) in [5, 5.41) is 4.93. The quantitative estimate of drug-likeness (QED) is 0.398. The molecule has 0 radical (unpaired) electrons. The van der Waals surface area contributed by atoms with Gasteiger partial charge in [-0.3, -0.25) is 0 Å². The molecule has 2 fully saturated rings. The van der Waals surface area contributed by atoms with E-state index in [0.717, 1.165) is 48.0 Å². The third kappa shape index (κ3) is 4.64. The average molecular weight is 522 g/mol. The predicted molar refractivity (Wildman–Crippen MR) is 141 cm³/mol. The second-order valence-electron chi connectivity index (χ2n) is 9.54. The van der Waals surface area contributed by atoms with Crippen LogP contribution in [0.1, 0.15) is 24.4 Å². The summed E-state index contributed by atoms with van der Waals surface area (Å²) in [6.45, 7) is 2.88. The molecule has 4 aromatic rings. The minimum atomic E-state index is -3.19. The number of anilines is 2. The van der Waals surface area contributed by atoms with E-state index in [1.54, 1.807) is 18.3 Å². The summed E-state index contributed by atoms with van der Waals surface area (Å²) in [5.74, 6) is 1.38. The number of imidazole rings is 1. The molecule has 37 heavy (non-hydrogen) atoms. The molecule has 2 aliphatic rings. The summed E-state index contributed by atoms with van der Waals surface area (Å²) in [5.41, 5.74) is 3.18. The largest absolute Gasteiger partial charge is 0.354 e. The first-order chi connectivity index (χ1) is 17.9. The van der Waals surface area contributed by atoms with Crippen molar-refractivity contribution in [1.82, 2.24) is 23.9 Å². The van der Waals surface area contributed by atoms with Gasteiger partial charge in [-0.2, -0.15) is 4.31 Å². The number of rotatable bonds is 5. The molecule has 1 aromatic carbocycles. The van der Waals surface area contributed by atoms with Crippen LogP contribution in [0.15, 0.2) is 60.8 Å². The number of pyridine rings is 1. The van der Waals surface area contributed by atoms with Crippen LogP contribution in [0.25, 0.3) is 17.0 Å². The zero-order valence-corrected chi connectivity index (χ0v) is 21.4. The molecule has 0 saturated carbocycles. The molecule has 2 saturated heterocycles. The van der Waals surface area contributed by atoms with E-state index in [0.29, 0.717) is 31.8 Å². The van der Waals surface area contributed by atoms with Crippen LogP contribution in [0.5, 0.6) is 0 Å². The first-order valence-electron chi connectivity index (χ1n) is 12.4. The van der Waals surface area contributed by atoms with Crippen LogP contribution in [0.2, 0.25) is 0 Å². The van der Waals surface area contributed by atoms with Crippen LogP contribution in [-0.4, -0.2) is 71.3 Å². The molecule has 0 spiro atoms. The number of benzene rings is 1. The summed E-state index contributed by atoms with van der Waals surface area (Å²) < 4.78 is 40.9. The van der Waals surface area contributed by atoms with Gasteiger partial charge >= 0.3 is 0 Å². The minimum Gasteiger partial charge on any atom is -0.354 e. The van der Waals surface area contributed by atoms with E-state index >= 15 is 0 Å². The highest BCUT2D eigenvalue weighted by atomic mass is 32.2. The van der Waals surface area contributed by atoms with Gasteiger partial charge < -0.3 is 9.80 Å². The Labute approximate surface area is 215 Å². The highest BCUT2D eigenvalue weighted by Crippen LogP contribution is 2.35. The van der Waals surface area contributed by atoms with Gasteiger partial charge in [-0.25, -0.2) is 27.3 Å². The Morgan fingerprint density at radius 1 is 0.946 bits per heavy atom. The second-order valence-corrected chi connectivity index (χ2v) is 11.5. The Morgan fingerprint density at radius 2 is 1.76 bits per heavy atom. The molecule has 0 aliphatic carbocycles. The summed E-state index contributed by atoms with van der Waals surface area (Å²) in [6.07, 6.45) is 4.97. The standard InChI is InChI=1S/C26H28FN7O2S/c1-37(35,36)32-15-13-31(14-16-32)25-9-3-7-21(29-25)23-18-28-24-10-11-26(30-34(23)24)33-12-4-8-22(33)19-5-2-6-20(27)17-19/h2-3,5-7,9-11,17-18,22H,4,8,12-16H2,1H3/t22-/m1/s1. The van der Waals surface area contributed by atoms with Crippen molar-refractivity contribution in [2.75, 3.05) is 48.8 Å². The smallest absolute Gasteiger partial charge is 0.211 e. The molecule has 3 aromatic heterocycles. The van der Waals surface area contributed by atoms with Gasteiger partial charge in [0.15, 0.2) is 5.65 Å². The molecule has 11 heteroatoms. The van der Waals surface area contributed by atoms with Crippen LogP contribution in [0, 0.1) is 5.82 Å². The van der Waals surface area contributed by atoms with Gasteiger partial charge in [0.25, 0.3) is 0 Å². The number of hydrogen-bond acceptors (Lipinski definition) is 7. The van der Waals surface area contributed by atoms with Crippen molar-refractivity contribution in [2.45, 2.75) is 18.9 Å². The zero-order valence-electron chi connectivity index (χ0n) is 20.5. The van der Waals surface area contributed by atoms with E-state index in [4.69, 9.17) is 10.1 Å². The van der Waals surface area contributed by atoms with E-state index in [-0.39, 0.29) is 11.9 Å². The van der Waals surface area contributed by atoms with E-state index in [9.17, 15) is 12.8 Å². The van der Waals surface area contributed by atoms with Crippen LogP contribution < -0.4 is 9.80 Å². The summed E-state index contributed by atoms with van der Waals surface area (Å²) in [4.78, 5) is 13.7. The van der Waals surface area contributed by atoms with Gasteiger partial charge in [-0.05, 0) is 54.8 Å². The molecule has 5 heterocycles. The molecule has 2 aliphatic heterocycles. The molecule has 0 unspecified atom stereocenters. The van der Waals surface area contributed by atoms with Gasteiger partial charge in [-0.15, -0.1) is 5.10 Å². The lowest BCUT2D eigenvalue weighted by Crippen LogP contribution is -2.48. The summed E-state index contributed by atoms with van der Waals surface area (Å²) in [6, 6.07) is 16.6. The van der Waals surface area contributed by atoms with E-state index in [2.05, 4.69) is 14.8 Å². The zero-order chi connectivity index (χ0) is 25.6. The summed E-state index contributed by atoms with van der Waals surface area (Å²) in [7, 11) is -3.19. The molecule has 192 valence electrons. The monoisotopic (exact) mass is 521 g/mol. The number of aromatic nitrogens is 4. The first-order valence-corrected chi connectivity index (χ1v) is 14.3. The van der Waals surface area contributed by atoms with Gasteiger partial charge in [0, 0.05) is 32.7 Å². The molecule has 6 rings (SSSR count). The van der Waals surface area contributed by atoms with Gasteiger partial charge in [0.05, 0.1) is 24.2 Å². The summed E-state index contributed by atoms with van der Waals surface area (Å²) >= 11 is 0. The van der Waals surface area contributed by atoms with Crippen molar-refractivity contribution in [3.63, 3.8) is 0 Å². The van der Waals surface area contributed by atoms with E-state index in [1.807, 2.05) is 40.9 Å². The van der Waals surface area contributed by atoms with Gasteiger partial charge in [0.1, 0.15) is 23.1 Å².